The van der Waals surface area contributed by atoms with Crippen LogP contribution in [0.1, 0.15) is 13.8 Å². The van der Waals surface area contributed by atoms with Crippen LogP contribution in [0.2, 0.25) is 10.6 Å². The van der Waals surface area contributed by atoms with Crippen LogP contribution < -0.4 is 0 Å². The largest absolute Gasteiger partial charge is 0.482 e. The Morgan fingerprint density at radius 1 is 1.42 bits per heavy atom. The van der Waals surface area contributed by atoms with Gasteiger partial charge in [-0.3, -0.25) is 4.79 Å². The molecule has 0 aromatic carbocycles. The van der Waals surface area contributed by atoms with Crippen LogP contribution in [0.25, 0.3) is 0 Å². The Morgan fingerprint density at radius 3 is 2.08 bits per heavy atom. The molecule has 0 bridgehead atoms. The summed E-state index contributed by atoms with van der Waals surface area (Å²) in [7, 11) is 0. The Bertz CT molecular complexity index is 141. The van der Waals surface area contributed by atoms with Gasteiger partial charge in [0, 0.05) is 0 Å². The fourth-order valence-electron chi connectivity index (χ4n) is 0.489. The maximum absolute atomic E-state index is 10.3. The third kappa shape index (κ3) is 22.8. The van der Waals surface area contributed by atoms with Crippen LogP contribution in [0.3, 0.4) is 0 Å². The van der Waals surface area contributed by atoms with Crippen LogP contribution in [0.4, 0.5) is 0 Å². The molecule has 0 aliphatic rings. The SMILES string of the molecule is CC(=O)[CH2][AlH][CH2]C(=O)O.CC=O. The average molecular weight is 188 g/mol. The number of ketones is 1. The molecule has 0 saturated heterocycles. The first-order chi connectivity index (χ1) is 5.54. The van der Waals surface area contributed by atoms with E-state index in [0.717, 1.165) is 6.29 Å². The van der Waals surface area contributed by atoms with Gasteiger partial charge in [0.15, 0.2) is 0 Å². The number of aldehydes is 1. The first kappa shape index (κ1) is 13.9. The second kappa shape index (κ2) is 10.3. The van der Waals surface area contributed by atoms with Gasteiger partial charge >= 0.3 is 0 Å². The number of hydrogen-bond donors (Lipinski definition) is 1. The minimum Gasteiger partial charge on any atom is -0.482 e. The fourth-order valence-corrected chi connectivity index (χ4v) is 1.47. The highest BCUT2D eigenvalue weighted by molar-refractivity contribution is 6.45. The van der Waals surface area contributed by atoms with Crippen molar-refractivity contribution in [2.75, 3.05) is 0 Å². The topological polar surface area (TPSA) is 71.4 Å². The molecule has 0 radical (unpaired) electrons. The Labute approximate surface area is 77.7 Å². The molecule has 0 rings (SSSR count). The quantitative estimate of drug-likeness (QED) is 0.503. The van der Waals surface area contributed by atoms with E-state index in [4.69, 9.17) is 9.90 Å². The van der Waals surface area contributed by atoms with Gasteiger partial charge in [0.1, 0.15) is 12.1 Å². The van der Waals surface area contributed by atoms with Crippen LogP contribution in [0, 0.1) is 0 Å². The molecule has 0 spiro atoms. The highest BCUT2D eigenvalue weighted by Crippen LogP contribution is 1.86. The summed E-state index contributed by atoms with van der Waals surface area (Å²) >= 11 is -0.633. The number of carboxylic acid groups (broad SMARTS) is 1. The highest BCUT2D eigenvalue weighted by Gasteiger charge is 2.01. The molecule has 0 atom stereocenters. The summed E-state index contributed by atoms with van der Waals surface area (Å²) in [4.78, 5) is 29.0. The second-order valence-corrected chi connectivity index (χ2v) is 3.89. The predicted molar refractivity (Wildman–Crippen MR) is 46.8 cm³/mol. The zero-order chi connectivity index (χ0) is 9.98. The zero-order valence-electron chi connectivity index (χ0n) is 7.37. The summed E-state index contributed by atoms with van der Waals surface area (Å²) in [5, 5.41) is 8.91. The van der Waals surface area contributed by atoms with Gasteiger partial charge in [-0.1, -0.05) is 0 Å². The van der Waals surface area contributed by atoms with Crippen molar-refractivity contribution in [3.63, 3.8) is 0 Å². The van der Waals surface area contributed by atoms with Crippen LogP contribution in [0.5, 0.6) is 0 Å². The normalized spacial score (nSPS) is 7.50. The van der Waals surface area contributed by atoms with Gasteiger partial charge < -0.3 is 14.7 Å². The number of hydrogen-bond acceptors (Lipinski definition) is 3. The van der Waals surface area contributed by atoms with E-state index in [1.54, 1.807) is 0 Å². The lowest BCUT2D eigenvalue weighted by molar-refractivity contribution is -0.134. The molecule has 1 N–H and O–H groups in total. The van der Waals surface area contributed by atoms with Crippen LogP contribution >= 0.6 is 0 Å². The smallest absolute Gasteiger partial charge is 0.289 e. The molecule has 0 aliphatic carbocycles. The van der Waals surface area contributed by atoms with Gasteiger partial charge in [-0.25, -0.2) is 0 Å². The Hall–Kier alpha value is -0.658. The molecule has 0 aromatic heterocycles. The van der Waals surface area contributed by atoms with Gasteiger partial charge in [-0.05, 0) is 24.4 Å². The summed E-state index contributed by atoms with van der Waals surface area (Å²) in [5.41, 5.74) is 0. The van der Waals surface area contributed by atoms with Gasteiger partial charge in [-0.2, -0.15) is 0 Å². The van der Waals surface area contributed by atoms with E-state index in [2.05, 4.69) is 0 Å². The minimum atomic E-state index is -0.775. The maximum atomic E-state index is 10.3. The summed E-state index contributed by atoms with van der Waals surface area (Å²) in [5.74, 6) is -0.661. The van der Waals surface area contributed by atoms with Crippen LogP contribution in [-0.4, -0.2) is 38.4 Å². The first-order valence-corrected chi connectivity index (χ1v) is 5.65. The Morgan fingerprint density at radius 2 is 1.83 bits per heavy atom. The highest BCUT2D eigenvalue weighted by atomic mass is 27.1. The van der Waals surface area contributed by atoms with Crippen molar-refractivity contribution in [3.05, 3.63) is 0 Å². The van der Waals surface area contributed by atoms with Crippen molar-refractivity contribution < 1.29 is 19.5 Å². The van der Waals surface area contributed by atoms with Gasteiger partial charge in [0.2, 0.25) is 0 Å². The fraction of sp³-hybridized carbons (Fsp3) is 0.571. The number of carbonyl (C=O) groups is 3. The molecule has 0 fully saturated rings. The van der Waals surface area contributed by atoms with Gasteiger partial charge in [0.05, 0.1) is 0 Å². The van der Waals surface area contributed by atoms with Crippen LogP contribution in [0.15, 0.2) is 0 Å². The van der Waals surface area contributed by atoms with E-state index in [1.165, 1.54) is 13.8 Å². The lowest BCUT2D eigenvalue weighted by Crippen LogP contribution is -2.03. The Balaban J connectivity index is 0. The van der Waals surface area contributed by atoms with Gasteiger partial charge in [-0.15, -0.1) is 0 Å². The third-order valence-electron chi connectivity index (χ3n) is 0.919. The lowest BCUT2D eigenvalue weighted by Gasteiger charge is -1.86. The van der Waals surface area contributed by atoms with Crippen molar-refractivity contribution in [2.45, 2.75) is 24.4 Å². The summed E-state index contributed by atoms with van der Waals surface area (Å²) < 4.78 is 0. The van der Waals surface area contributed by atoms with E-state index in [1.807, 2.05) is 0 Å². The number of rotatable bonds is 4. The molecular weight excluding hydrogens is 175 g/mol. The second-order valence-electron chi connectivity index (χ2n) is 2.19. The average Bonchev–Trinajstić information content (AvgIpc) is 1.87. The standard InChI is InChI=1S/C3H5O.C2H3O2.C2H4O.Al.H/c1-3(2)4;1-2(3)4;1-2-3;;/h1H2,2H3;1H2,(H,3,4);2H,1H3;;. The molecule has 0 aromatic rings. The zero-order valence-corrected chi connectivity index (χ0v) is 8.78. The van der Waals surface area contributed by atoms with E-state index in [-0.39, 0.29) is 11.1 Å². The number of aliphatic carboxylic acids is 1. The van der Waals surface area contributed by atoms with Crippen LogP contribution in [-0.2, 0) is 14.4 Å². The van der Waals surface area contributed by atoms with Gasteiger partial charge in [0.25, 0.3) is 21.2 Å². The number of Topliss-reactive ketones (excluding diaryl/α,β-unsaturated/α-hetero) is 1. The summed E-state index contributed by atoms with van der Waals surface area (Å²) in [6.45, 7) is 2.94. The molecule has 0 unspecified atom stereocenters. The Kier molecular flexibility index (Phi) is 12.0. The van der Waals surface area contributed by atoms with E-state index in [9.17, 15) is 9.59 Å². The predicted octanol–water partition coefficient (Wildman–Crippen LogP) is 0.138. The molecule has 0 heterocycles. The summed E-state index contributed by atoms with van der Waals surface area (Å²) in [6, 6.07) is 0. The molecule has 68 valence electrons. The molecule has 0 amide bonds. The molecule has 4 nitrogen and oxygen atoms in total. The van der Waals surface area contributed by atoms with Crippen molar-refractivity contribution in [1.82, 2.24) is 0 Å². The monoisotopic (exact) mass is 188 g/mol. The van der Waals surface area contributed by atoms with Crippen molar-refractivity contribution in [1.29, 1.82) is 0 Å². The molecular formula is C7H13AlO4. The summed E-state index contributed by atoms with van der Waals surface area (Å²) in [6.07, 6.45) is 0.750. The third-order valence-corrected chi connectivity index (χ3v) is 2.76. The lowest BCUT2D eigenvalue weighted by atomic mass is 10.5. The minimum absolute atomic E-state index is 0.114. The van der Waals surface area contributed by atoms with Crippen molar-refractivity contribution in [3.8, 4) is 0 Å². The van der Waals surface area contributed by atoms with Crippen molar-refractivity contribution >= 4 is 33.3 Å². The molecule has 12 heavy (non-hydrogen) atoms. The van der Waals surface area contributed by atoms with E-state index >= 15 is 0 Å². The molecule has 0 aliphatic heterocycles. The first-order valence-electron chi connectivity index (χ1n) is 3.65. The van der Waals surface area contributed by atoms with E-state index < -0.39 is 21.2 Å². The number of carboxylic acids is 1. The van der Waals surface area contributed by atoms with Crippen molar-refractivity contribution in [2.24, 2.45) is 0 Å². The van der Waals surface area contributed by atoms with E-state index in [0.29, 0.717) is 5.28 Å². The number of carbonyl (C=O) groups excluding carboxylic acids is 2. The molecule has 0 saturated carbocycles. The molecule has 5 heteroatoms. The maximum Gasteiger partial charge on any atom is 0.289 e.